The Balaban J connectivity index is 1.34. The van der Waals surface area contributed by atoms with Crippen LogP contribution in [-0.2, 0) is 5.41 Å². The topological polar surface area (TPSA) is 4.93 Å². The summed E-state index contributed by atoms with van der Waals surface area (Å²) < 4.78 is 2.52. The minimum Gasteiger partial charge on any atom is -0.309 e. The molecule has 226 valence electrons. The minimum absolute atomic E-state index is 0.146. The summed E-state index contributed by atoms with van der Waals surface area (Å²) in [6.45, 7) is 4.77. The summed E-state index contributed by atoms with van der Waals surface area (Å²) in [6, 6.07) is 60.6. The van der Waals surface area contributed by atoms with E-state index in [4.69, 9.17) is 0 Å². The smallest absolute Gasteiger partial charge is 0.0582 e. The van der Waals surface area contributed by atoms with Crippen LogP contribution < -0.4 is 0 Å². The highest BCUT2D eigenvalue weighted by Gasteiger charge is 2.35. The van der Waals surface area contributed by atoms with Gasteiger partial charge in [0.25, 0.3) is 0 Å². The zero-order valence-electron chi connectivity index (χ0n) is 27.0. The quantitative estimate of drug-likeness (QED) is 0.175. The molecule has 0 radical (unpaired) electrons. The fourth-order valence-corrected chi connectivity index (χ4v) is 8.52. The second-order valence-electron chi connectivity index (χ2n) is 13.7. The largest absolute Gasteiger partial charge is 0.309 e. The van der Waals surface area contributed by atoms with Gasteiger partial charge in [0.2, 0.25) is 0 Å². The van der Waals surface area contributed by atoms with Gasteiger partial charge < -0.3 is 4.57 Å². The Morgan fingerprint density at radius 3 is 1.54 bits per heavy atom. The maximum absolute atomic E-state index is 2.52. The predicted molar refractivity (Wildman–Crippen MR) is 204 cm³/mol. The molecule has 0 N–H and O–H groups in total. The molecule has 0 spiro atoms. The lowest BCUT2D eigenvalue weighted by atomic mass is 9.74. The summed E-state index contributed by atoms with van der Waals surface area (Å²) in [6.07, 6.45) is 0. The maximum Gasteiger partial charge on any atom is 0.0582 e. The molecule has 9 aromatic rings. The standard InChI is InChI=1S/C47H33N/c1-47(2)40-23-13-14-24-43(40)48-42-26-25-32(27-38(42)39-28-33(29-41(47)46(39)48)30-15-5-3-6-16-30)45-36-21-11-9-19-34(36)44(31-17-7-4-8-18-31)35-20-10-12-22-37(35)45/h3-29H,1-2H3. The van der Waals surface area contributed by atoms with Gasteiger partial charge in [-0.05, 0) is 96.4 Å². The van der Waals surface area contributed by atoms with Gasteiger partial charge in [0, 0.05) is 16.2 Å². The molecule has 0 saturated carbocycles. The van der Waals surface area contributed by atoms with Crippen molar-refractivity contribution in [2.45, 2.75) is 19.3 Å². The second-order valence-corrected chi connectivity index (χ2v) is 13.7. The van der Waals surface area contributed by atoms with Gasteiger partial charge in [-0.3, -0.25) is 0 Å². The third kappa shape index (κ3) is 3.73. The molecule has 0 fully saturated rings. The lowest BCUT2D eigenvalue weighted by Gasteiger charge is -2.35. The summed E-state index contributed by atoms with van der Waals surface area (Å²) >= 11 is 0. The molecule has 1 aliphatic heterocycles. The average Bonchev–Trinajstić information content (AvgIpc) is 3.47. The first-order chi connectivity index (χ1) is 23.6. The van der Waals surface area contributed by atoms with Crippen molar-refractivity contribution in [3.63, 3.8) is 0 Å². The van der Waals surface area contributed by atoms with Crippen LogP contribution in [0.1, 0.15) is 25.0 Å². The Morgan fingerprint density at radius 1 is 0.375 bits per heavy atom. The van der Waals surface area contributed by atoms with Gasteiger partial charge in [0.05, 0.1) is 16.7 Å². The van der Waals surface area contributed by atoms with Crippen LogP contribution >= 0.6 is 0 Å². The van der Waals surface area contributed by atoms with E-state index in [1.807, 2.05) is 0 Å². The lowest BCUT2D eigenvalue weighted by molar-refractivity contribution is 0.630. The van der Waals surface area contributed by atoms with Gasteiger partial charge in [-0.15, -0.1) is 0 Å². The molecular weight excluding hydrogens is 579 g/mol. The first-order valence-corrected chi connectivity index (χ1v) is 16.9. The van der Waals surface area contributed by atoms with E-state index in [-0.39, 0.29) is 5.41 Å². The number of aromatic nitrogens is 1. The van der Waals surface area contributed by atoms with Gasteiger partial charge in [0.1, 0.15) is 0 Å². The van der Waals surface area contributed by atoms with Crippen LogP contribution in [0.2, 0.25) is 0 Å². The minimum atomic E-state index is -0.146. The van der Waals surface area contributed by atoms with Crippen molar-refractivity contribution in [3.05, 3.63) is 175 Å². The van der Waals surface area contributed by atoms with Crippen LogP contribution in [0.3, 0.4) is 0 Å². The molecule has 1 aromatic heterocycles. The molecule has 8 aromatic carbocycles. The van der Waals surface area contributed by atoms with Crippen LogP contribution in [0.5, 0.6) is 0 Å². The van der Waals surface area contributed by atoms with E-state index in [1.54, 1.807) is 0 Å². The fourth-order valence-electron chi connectivity index (χ4n) is 8.52. The highest BCUT2D eigenvalue weighted by atomic mass is 15.0. The molecule has 2 heterocycles. The van der Waals surface area contributed by atoms with E-state index in [1.165, 1.54) is 93.5 Å². The van der Waals surface area contributed by atoms with E-state index in [0.29, 0.717) is 0 Å². The van der Waals surface area contributed by atoms with E-state index in [0.717, 1.165) is 0 Å². The van der Waals surface area contributed by atoms with Crippen molar-refractivity contribution < 1.29 is 0 Å². The van der Waals surface area contributed by atoms with Gasteiger partial charge in [-0.1, -0.05) is 147 Å². The summed E-state index contributed by atoms with van der Waals surface area (Å²) in [5.41, 5.74) is 14.0. The van der Waals surface area contributed by atoms with Crippen molar-refractivity contribution in [2.75, 3.05) is 0 Å². The van der Waals surface area contributed by atoms with Gasteiger partial charge in [0.15, 0.2) is 0 Å². The predicted octanol–water partition coefficient (Wildman–Crippen LogP) is 12.7. The van der Waals surface area contributed by atoms with Crippen LogP contribution in [0.4, 0.5) is 0 Å². The van der Waals surface area contributed by atoms with Crippen LogP contribution in [0, 0.1) is 0 Å². The Hall–Kier alpha value is -5.92. The molecule has 0 unspecified atom stereocenters. The first-order valence-electron chi connectivity index (χ1n) is 16.9. The Bertz CT molecular complexity index is 2670. The molecule has 0 amide bonds. The number of hydrogen-bond acceptors (Lipinski definition) is 0. The molecule has 0 saturated heterocycles. The number of fused-ring (bicyclic) bond motifs is 7. The zero-order chi connectivity index (χ0) is 32.0. The second kappa shape index (κ2) is 10.0. The van der Waals surface area contributed by atoms with Crippen molar-refractivity contribution in [2.24, 2.45) is 0 Å². The van der Waals surface area contributed by atoms with Crippen molar-refractivity contribution in [1.82, 2.24) is 4.57 Å². The summed E-state index contributed by atoms with van der Waals surface area (Å²) in [4.78, 5) is 0. The molecular formula is C47H33N. The number of nitrogens with zero attached hydrogens (tertiary/aromatic N) is 1. The molecule has 1 heteroatoms. The normalized spacial score (nSPS) is 13.4. The molecule has 10 rings (SSSR count). The van der Waals surface area contributed by atoms with Crippen LogP contribution in [-0.4, -0.2) is 4.57 Å². The number of benzene rings is 8. The summed E-state index contributed by atoms with van der Waals surface area (Å²) in [5, 5.41) is 7.71. The maximum atomic E-state index is 2.52. The Kier molecular flexibility index (Phi) is 5.69. The van der Waals surface area contributed by atoms with E-state index in [2.05, 4.69) is 182 Å². The molecule has 48 heavy (non-hydrogen) atoms. The van der Waals surface area contributed by atoms with Gasteiger partial charge >= 0.3 is 0 Å². The third-order valence-electron chi connectivity index (χ3n) is 10.7. The third-order valence-corrected chi connectivity index (χ3v) is 10.7. The average molecular weight is 612 g/mol. The molecule has 0 aliphatic carbocycles. The lowest BCUT2D eigenvalue weighted by Crippen LogP contribution is -2.26. The molecule has 1 aliphatic rings. The Morgan fingerprint density at radius 2 is 0.896 bits per heavy atom. The van der Waals surface area contributed by atoms with Crippen molar-refractivity contribution in [1.29, 1.82) is 0 Å². The molecule has 1 nitrogen and oxygen atoms in total. The van der Waals surface area contributed by atoms with Crippen LogP contribution in [0.15, 0.2) is 164 Å². The van der Waals surface area contributed by atoms with Crippen molar-refractivity contribution in [3.8, 4) is 39.1 Å². The molecule has 0 atom stereocenters. The Labute approximate surface area is 280 Å². The SMILES string of the molecule is CC1(C)c2ccccc2-n2c3ccc(-c4c5ccccc5c(-c5ccccc5)c5ccccc45)cc3c3cc(-c4ccccc4)cc1c32. The van der Waals surface area contributed by atoms with E-state index < -0.39 is 0 Å². The fraction of sp³-hybridized carbons (Fsp3) is 0.0638. The van der Waals surface area contributed by atoms with Gasteiger partial charge in [-0.2, -0.15) is 0 Å². The summed E-state index contributed by atoms with van der Waals surface area (Å²) in [7, 11) is 0. The van der Waals surface area contributed by atoms with Crippen molar-refractivity contribution >= 4 is 43.4 Å². The number of rotatable bonds is 3. The highest BCUT2D eigenvalue weighted by Crippen LogP contribution is 2.50. The highest BCUT2D eigenvalue weighted by molar-refractivity contribution is 6.22. The van der Waals surface area contributed by atoms with Crippen LogP contribution in [0.25, 0.3) is 82.4 Å². The van der Waals surface area contributed by atoms with Gasteiger partial charge in [-0.25, -0.2) is 0 Å². The van der Waals surface area contributed by atoms with E-state index >= 15 is 0 Å². The first kappa shape index (κ1) is 27.2. The number of hydrogen-bond donors (Lipinski definition) is 0. The summed E-state index contributed by atoms with van der Waals surface area (Å²) in [5.74, 6) is 0. The van der Waals surface area contributed by atoms with E-state index in [9.17, 15) is 0 Å². The zero-order valence-corrected chi connectivity index (χ0v) is 27.0. The molecule has 0 bridgehead atoms. The number of para-hydroxylation sites is 1. The monoisotopic (exact) mass is 611 g/mol.